The van der Waals surface area contributed by atoms with E-state index in [9.17, 15) is 4.79 Å². The van der Waals surface area contributed by atoms with Crippen LogP contribution in [-0.4, -0.2) is 0 Å². The summed E-state index contributed by atoms with van der Waals surface area (Å²) in [5.41, 5.74) is 1.83. The Hall–Kier alpha value is -1.62. The third-order valence-electron chi connectivity index (χ3n) is 3.29. The van der Waals surface area contributed by atoms with Crippen LogP contribution in [0.5, 0.6) is 0 Å². The van der Waals surface area contributed by atoms with Gasteiger partial charge in [-0.05, 0) is 18.6 Å². The summed E-state index contributed by atoms with van der Waals surface area (Å²) in [6.45, 7) is 2.03. The summed E-state index contributed by atoms with van der Waals surface area (Å²) in [6, 6.07) is 17.7. The first-order chi connectivity index (χ1) is 9.68. The van der Waals surface area contributed by atoms with E-state index < -0.39 is 0 Å². The first kappa shape index (κ1) is 13.4. The Kier molecular flexibility index (Phi) is 3.61. The van der Waals surface area contributed by atoms with Crippen LogP contribution in [0.25, 0.3) is 21.9 Å². The minimum Gasteiger partial charge on any atom is -0.426 e. The molecule has 0 aliphatic heterocycles. The van der Waals surface area contributed by atoms with Gasteiger partial charge in [0.2, 0.25) is 0 Å². The second kappa shape index (κ2) is 5.40. The molecule has 1 heterocycles. The lowest BCUT2D eigenvalue weighted by Gasteiger charge is -2.13. The second-order valence-electron chi connectivity index (χ2n) is 4.66. The van der Waals surface area contributed by atoms with Crippen molar-refractivity contribution in [3.05, 3.63) is 70.8 Å². The number of rotatable bonds is 2. The number of hydrogen-bond donors (Lipinski definition) is 0. The van der Waals surface area contributed by atoms with Gasteiger partial charge in [0.15, 0.2) is 0 Å². The number of alkyl halides is 1. The Labute approximate surface area is 130 Å². The lowest BCUT2D eigenvalue weighted by Crippen LogP contribution is -2.05. The van der Waals surface area contributed by atoms with E-state index in [0.29, 0.717) is 5.39 Å². The van der Waals surface area contributed by atoms with Crippen LogP contribution in [0, 0.1) is 0 Å². The SMILES string of the molecule is CC(I)c1oc(=O)c2ccccc2c1-c1ccccc1. The lowest BCUT2D eigenvalue weighted by atomic mass is 9.97. The summed E-state index contributed by atoms with van der Waals surface area (Å²) in [5, 5.41) is 1.58. The second-order valence-corrected chi connectivity index (χ2v) is 6.52. The minimum atomic E-state index is -0.265. The maximum absolute atomic E-state index is 12.1. The van der Waals surface area contributed by atoms with Gasteiger partial charge in [-0.15, -0.1) is 0 Å². The molecule has 1 atom stereocenters. The van der Waals surface area contributed by atoms with Crippen LogP contribution in [0.4, 0.5) is 0 Å². The first-order valence-corrected chi connectivity index (χ1v) is 7.68. The van der Waals surface area contributed by atoms with E-state index in [1.807, 2.05) is 61.5 Å². The molecule has 0 saturated carbocycles. The third-order valence-corrected chi connectivity index (χ3v) is 3.85. The molecule has 0 radical (unpaired) electrons. The molecular formula is C17H13IO2. The van der Waals surface area contributed by atoms with Gasteiger partial charge in [-0.2, -0.15) is 0 Å². The van der Waals surface area contributed by atoms with E-state index in [-0.39, 0.29) is 9.55 Å². The molecule has 0 spiro atoms. The Morgan fingerprint density at radius 3 is 2.20 bits per heavy atom. The van der Waals surface area contributed by atoms with Gasteiger partial charge in [0.05, 0.1) is 9.31 Å². The highest BCUT2D eigenvalue weighted by molar-refractivity contribution is 14.1. The predicted molar refractivity (Wildman–Crippen MR) is 90.4 cm³/mol. The summed E-state index contributed by atoms with van der Waals surface area (Å²) in [4.78, 5) is 12.1. The Bertz CT molecular complexity index is 804. The van der Waals surface area contributed by atoms with Crippen molar-refractivity contribution in [3.8, 4) is 11.1 Å². The predicted octanol–water partition coefficient (Wildman–Crippen LogP) is 4.96. The Morgan fingerprint density at radius 2 is 1.55 bits per heavy atom. The molecule has 0 aliphatic carbocycles. The molecule has 0 aliphatic rings. The third kappa shape index (κ3) is 2.26. The summed E-state index contributed by atoms with van der Waals surface area (Å²) in [7, 11) is 0. The van der Waals surface area contributed by atoms with E-state index in [0.717, 1.165) is 22.3 Å². The highest BCUT2D eigenvalue weighted by atomic mass is 127. The smallest absolute Gasteiger partial charge is 0.343 e. The Balaban J connectivity index is 2.47. The molecule has 20 heavy (non-hydrogen) atoms. The number of hydrogen-bond acceptors (Lipinski definition) is 2. The number of fused-ring (bicyclic) bond motifs is 1. The van der Waals surface area contributed by atoms with Crippen LogP contribution in [0.3, 0.4) is 0 Å². The average molecular weight is 376 g/mol. The van der Waals surface area contributed by atoms with Crippen LogP contribution in [-0.2, 0) is 0 Å². The molecule has 3 rings (SSSR count). The van der Waals surface area contributed by atoms with Gasteiger partial charge in [-0.3, -0.25) is 0 Å². The van der Waals surface area contributed by atoms with Gasteiger partial charge in [-0.25, -0.2) is 4.79 Å². The fourth-order valence-electron chi connectivity index (χ4n) is 2.40. The van der Waals surface area contributed by atoms with E-state index in [2.05, 4.69) is 22.6 Å². The van der Waals surface area contributed by atoms with Gasteiger partial charge in [0.25, 0.3) is 0 Å². The largest absolute Gasteiger partial charge is 0.426 e. The maximum Gasteiger partial charge on any atom is 0.343 e. The van der Waals surface area contributed by atoms with Gasteiger partial charge in [-0.1, -0.05) is 71.1 Å². The van der Waals surface area contributed by atoms with Crippen molar-refractivity contribution >= 4 is 33.4 Å². The first-order valence-electron chi connectivity index (χ1n) is 6.43. The molecule has 0 saturated heterocycles. The molecule has 1 aromatic heterocycles. The van der Waals surface area contributed by atoms with Crippen molar-refractivity contribution in [2.45, 2.75) is 10.8 Å². The monoisotopic (exact) mass is 376 g/mol. The van der Waals surface area contributed by atoms with Crippen molar-refractivity contribution in [1.82, 2.24) is 0 Å². The summed E-state index contributed by atoms with van der Waals surface area (Å²) >= 11 is 2.28. The fraction of sp³-hybridized carbons (Fsp3) is 0.118. The van der Waals surface area contributed by atoms with Crippen molar-refractivity contribution in [3.63, 3.8) is 0 Å². The van der Waals surface area contributed by atoms with E-state index in [1.165, 1.54) is 0 Å². The van der Waals surface area contributed by atoms with Crippen LogP contribution in [0.1, 0.15) is 16.6 Å². The molecule has 0 fully saturated rings. The van der Waals surface area contributed by atoms with E-state index in [1.54, 1.807) is 0 Å². The lowest BCUT2D eigenvalue weighted by molar-refractivity contribution is 0.475. The molecule has 2 nitrogen and oxygen atoms in total. The molecule has 0 amide bonds. The molecule has 100 valence electrons. The van der Waals surface area contributed by atoms with Crippen molar-refractivity contribution in [2.75, 3.05) is 0 Å². The molecule has 2 aromatic carbocycles. The van der Waals surface area contributed by atoms with Crippen LogP contribution < -0.4 is 5.63 Å². The highest BCUT2D eigenvalue weighted by Gasteiger charge is 2.18. The molecular weight excluding hydrogens is 363 g/mol. The minimum absolute atomic E-state index is 0.125. The van der Waals surface area contributed by atoms with Crippen LogP contribution in [0.15, 0.2) is 63.8 Å². The Morgan fingerprint density at radius 1 is 0.950 bits per heavy atom. The number of benzene rings is 2. The van der Waals surface area contributed by atoms with Crippen molar-refractivity contribution in [1.29, 1.82) is 0 Å². The van der Waals surface area contributed by atoms with Gasteiger partial charge in [0.1, 0.15) is 5.76 Å². The molecule has 1 unspecified atom stereocenters. The fourth-order valence-corrected chi connectivity index (χ4v) is 2.84. The van der Waals surface area contributed by atoms with E-state index in [4.69, 9.17) is 4.42 Å². The summed E-state index contributed by atoms with van der Waals surface area (Å²) in [5.74, 6) is 0.737. The van der Waals surface area contributed by atoms with Gasteiger partial charge >= 0.3 is 5.63 Å². The maximum atomic E-state index is 12.1. The summed E-state index contributed by atoms with van der Waals surface area (Å²) in [6.07, 6.45) is 0. The molecule has 0 bridgehead atoms. The zero-order valence-corrected chi connectivity index (χ0v) is 13.1. The highest BCUT2D eigenvalue weighted by Crippen LogP contribution is 2.36. The zero-order valence-electron chi connectivity index (χ0n) is 11.0. The molecule has 3 heteroatoms. The standard InChI is InChI=1S/C17H13IO2/c1-11(18)16-15(12-7-3-2-4-8-12)13-9-5-6-10-14(13)17(19)20-16/h2-11H,1H3. The quantitative estimate of drug-likeness (QED) is 0.468. The molecule has 3 aromatic rings. The van der Waals surface area contributed by atoms with E-state index >= 15 is 0 Å². The molecule has 0 N–H and O–H groups in total. The van der Waals surface area contributed by atoms with Crippen molar-refractivity contribution in [2.24, 2.45) is 0 Å². The van der Waals surface area contributed by atoms with Gasteiger partial charge < -0.3 is 4.42 Å². The summed E-state index contributed by atoms with van der Waals surface area (Å²) < 4.78 is 5.70. The normalized spacial score (nSPS) is 12.5. The van der Waals surface area contributed by atoms with Crippen LogP contribution in [0.2, 0.25) is 0 Å². The van der Waals surface area contributed by atoms with Crippen LogP contribution >= 0.6 is 22.6 Å². The van der Waals surface area contributed by atoms with Crippen molar-refractivity contribution < 1.29 is 4.42 Å². The average Bonchev–Trinajstić information content (AvgIpc) is 2.48. The topological polar surface area (TPSA) is 30.2 Å². The zero-order chi connectivity index (χ0) is 14.1. The number of halogens is 1. The van der Waals surface area contributed by atoms with Gasteiger partial charge in [0, 0.05) is 10.9 Å².